The zero-order valence-electron chi connectivity index (χ0n) is 16.5. The third kappa shape index (κ3) is 4.66. The molecule has 3 aromatic heterocycles. The summed E-state index contributed by atoms with van der Waals surface area (Å²) in [6.45, 7) is 0. The van der Waals surface area contributed by atoms with Crippen molar-refractivity contribution >= 4 is 11.6 Å². The molecule has 0 aliphatic heterocycles. The van der Waals surface area contributed by atoms with Gasteiger partial charge in [-0.05, 0) is 24.3 Å². The summed E-state index contributed by atoms with van der Waals surface area (Å²) in [4.78, 5) is 19.8. The number of benzene rings is 1. The Bertz CT molecular complexity index is 1300. The largest absolute Gasteiger partial charge is 0.573 e. The number of carbonyl (C=O) groups excluding carboxylic acids is 1. The molecule has 33 heavy (non-hydrogen) atoms. The molecule has 0 spiro atoms. The van der Waals surface area contributed by atoms with Crippen LogP contribution in [0.2, 0.25) is 0 Å². The molecule has 0 aliphatic rings. The SMILES string of the molecule is Cn1nc(C(=O)Nc2c(F)cncc2F)cc1-c1cc(-c2ncco2)ccc1OC(F)(F)F. The molecule has 170 valence electrons. The van der Waals surface area contributed by atoms with E-state index in [0.29, 0.717) is 18.0 Å². The maximum Gasteiger partial charge on any atom is 0.573 e. The van der Waals surface area contributed by atoms with E-state index in [1.165, 1.54) is 31.6 Å². The number of oxazole rings is 1. The molecule has 0 aliphatic carbocycles. The molecule has 1 amide bonds. The molecule has 3 heterocycles. The lowest BCUT2D eigenvalue weighted by atomic mass is 10.1. The number of ether oxygens (including phenoxy) is 1. The first-order chi connectivity index (χ1) is 15.6. The Morgan fingerprint density at radius 3 is 2.52 bits per heavy atom. The predicted octanol–water partition coefficient (Wildman–Crippen LogP) is 4.57. The van der Waals surface area contributed by atoms with Gasteiger partial charge in [0.25, 0.3) is 5.91 Å². The second-order valence-electron chi connectivity index (χ2n) is 6.57. The Kier molecular flexibility index (Phi) is 5.54. The Labute approximate surface area is 181 Å². The van der Waals surface area contributed by atoms with E-state index in [0.717, 1.165) is 16.8 Å². The summed E-state index contributed by atoms with van der Waals surface area (Å²) in [5.74, 6) is -3.65. The Balaban J connectivity index is 1.74. The first-order valence-electron chi connectivity index (χ1n) is 9.07. The van der Waals surface area contributed by atoms with Crippen LogP contribution in [0.3, 0.4) is 0 Å². The molecular formula is C20H12F5N5O3. The van der Waals surface area contributed by atoms with Gasteiger partial charge in [0.2, 0.25) is 5.89 Å². The molecule has 0 saturated carbocycles. The van der Waals surface area contributed by atoms with Gasteiger partial charge in [0.1, 0.15) is 17.7 Å². The van der Waals surface area contributed by atoms with Crippen LogP contribution in [0.1, 0.15) is 10.5 Å². The summed E-state index contributed by atoms with van der Waals surface area (Å²) in [5, 5.41) is 5.97. The van der Waals surface area contributed by atoms with E-state index in [1.54, 1.807) is 0 Å². The first-order valence-corrected chi connectivity index (χ1v) is 9.07. The summed E-state index contributed by atoms with van der Waals surface area (Å²) in [7, 11) is 1.37. The third-order valence-corrected chi connectivity index (χ3v) is 4.36. The number of rotatable bonds is 5. The van der Waals surface area contributed by atoms with Gasteiger partial charge >= 0.3 is 6.36 Å². The molecule has 0 radical (unpaired) electrons. The van der Waals surface area contributed by atoms with Crippen LogP contribution in [-0.2, 0) is 7.05 Å². The molecule has 1 aromatic carbocycles. The summed E-state index contributed by atoms with van der Waals surface area (Å²) in [6.07, 6.45) is -0.929. The van der Waals surface area contributed by atoms with E-state index in [2.05, 4.69) is 19.8 Å². The maximum atomic E-state index is 13.8. The standard InChI is InChI=1S/C20H12F5N5O3/c1-30-15(7-14(29-30)18(31)28-17-12(21)8-26-9-13(17)22)11-6-10(19-27-4-5-32-19)2-3-16(11)33-20(23,24)25/h2-9H,1H3,(H,26,28,31). The highest BCUT2D eigenvalue weighted by Crippen LogP contribution is 2.37. The number of hydrogen-bond acceptors (Lipinski definition) is 6. The number of amides is 1. The van der Waals surface area contributed by atoms with Crippen molar-refractivity contribution < 1.29 is 35.9 Å². The smallest absolute Gasteiger partial charge is 0.445 e. The van der Waals surface area contributed by atoms with E-state index in [-0.39, 0.29) is 22.8 Å². The van der Waals surface area contributed by atoms with Gasteiger partial charge in [-0.15, -0.1) is 13.2 Å². The van der Waals surface area contributed by atoms with Crippen LogP contribution in [0, 0.1) is 11.6 Å². The van der Waals surface area contributed by atoms with Crippen molar-refractivity contribution in [2.75, 3.05) is 5.32 Å². The second kappa shape index (κ2) is 8.33. The number of carbonyl (C=O) groups is 1. The number of nitrogens with zero attached hydrogens (tertiary/aromatic N) is 4. The van der Waals surface area contributed by atoms with Crippen molar-refractivity contribution in [3.63, 3.8) is 0 Å². The first kappa shape index (κ1) is 21.9. The van der Waals surface area contributed by atoms with Crippen molar-refractivity contribution in [2.45, 2.75) is 6.36 Å². The lowest BCUT2D eigenvalue weighted by Gasteiger charge is -2.14. The summed E-state index contributed by atoms with van der Waals surface area (Å²) >= 11 is 0. The van der Waals surface area contributed by atoms with Crippen LogP contribution in [-0.4, -0.2) is 32.0 Å². The van der Waals surface area contributed by atoms with Crippen LogP contribution in [0.4, 0.5) is 27.6 Å². The molecule has 8 nitrogen and oxygen atoms in total. The number of pyridine rings is 1. The molecular weight excluding hydrogens is 453 g/mol. The Morgan fingerprint density at radius 1 is 1.15 bits per heavy atom. The highest BCUT2D eigenvalue weighted by Gasteiger charge is 2.33. The van der Waals surface area contributed by atoms with Crippen molar-refractivity contribution in [2.24, 2.45) is 7.05 Å². The minimum absolute atomic E-state index is 0.0449. The lowest BCUT2D eigenvalue weighted by Crippen LogP contribution is -2.17. The number of halogens is 5. The van der Waals surface area contributed by atoms with E-state index >= 15 is 0 Å². The fourth-order valence-electron chi connectivity index (χ4n) is 2.98. The molecule has 0 bridgehead atoms. The van der Waals surface area contributed by atoms with E-state index in [4.69, 9.17) is 4.42 Å². The van der Waals surface area contributed by atoms with Gasteiger partial charge in [0.05, 0.1) is 24.3 Å². The van der Waals surface area contributed by atoms with Crippen molar-refractivity contribution in [3.8, 4) is 28.5 Å². The highest BCUT2D eigenvalue weighted by molar-refractivity contribution is 6.03. The molecule has 0 saturated heterocycles. The van der Waals surface area contributed by atoms with Gasteiger partial charge in [0.15, 0.2) is 17.3 Å². The third-order valence-electron chi connectivity index (χ3n) is 4.36. The average Bonchev–Trinajstić information content (AvgIpc) is 3.40. The van der Waals surface area contributed by atoms with Crippen LogP contribution in [0.5, 0.6) is 5.75 Å². The zero-order chi connectivity index (χ0) is 23.8. The monoisotopic (exact) mass is 465 g/mol. The number of nitrogens with one attached hydrogen (secondary N) is 1. The van der Waals surface area contributed by atoms with Crippen LogP contribution in [0.25, 0.3) is 22.7 Å². The van der Waals surface area contributed by atoms with Gasteiger partial charge in [-0.25, -0.2) is 13.8 Å². The van der Waals surface area contributed by atoms with Crippen LogP contribution >= 0.6 is 0 Å². The summed E-state index contributed by atoms with van der Waals surface area (Å²) in [5.41, 5.74) is -0.767. The second-order valence-corrected chi connectivity index (χ2v) is 6.57. The minimum atomic E-state index is -4.99. The quantitative estimate of drug-likeness (QED) is 0.434. The number of aryl methyl sites for hydroxylation is 1. The maximum absolute atomic E-state index is 13.8. The molecule has 4 rings (SSSR count). The van der Waals surface area contributed by atoms with Crippen molar-refractivity contribution in [1.29, 1.82) is 0 Å². The predicted molar refractivity (Wildman–Crippen MR) is 103 cm³/mol. The van der Waals surface area contributed by atoms with Gasteiger partial charge in [0, 0.05) is 18.2 Å². The minimum Gasteiger partial charge on any atom is -0.445 e. The Hall–Kier alpha value is -4.29. The highest BCUT2D eigenvalue weighted by atomic mass is 19.4. The van der Waals surface area contributed by atoms with Gasteiger partial charge in [-0.3, -0.25) is 14.5 Å². The topological polar surface area (TPSA) is 95.1 Å². The van der Waals surface area contributed by atoms with Gasteiger partial charge in [-0.1, -0.05) is 0 Å². The average molecular weight is 465 g/mol. The molecule has 4 aromatic rings. The van der Waals surface area contributed by atoms with Crippen LogP contribution < -0.4 is 10.1 Å². The number of alkyl halides is 3. The number of aromatic nitrogens is 4. The number of anilines is 1. The summed E-state index contributed by atoms with van der Waals surface area (Å²) in [6, 6.07) is 4.84. The van der Waals surface area contributed by atoms with E-state index in [9.17, 15) is 26.7 Å². The molecule has 1 N–H and O–H groups in total. The summed E-state index contributed by atoms with van der Waals surface area (Å²) < 4.78 is 76.8. The normalized spacial score (nSPS) is 11.5. The van der Waals surface area contributed by atoms with Crippen molar-refractivity contribution in [3.05, 3.63) is 66.4 Å². The fourth-order valence-corrected chi connectivity index (χ4v) is 2.98. The fraction of sp³-hybridized carbons (Fsp3) is 0.100. The van der Waals surface area contributed by atoms with E-state index in [1.807, 2.05) is 5.32 Å². The molecule has 0 atom stereocenters. The van der Waals surface area contributed by atoms with E-state index < -0.39 is 35.3 Å². The molecule has 13 heteroatoms. The molecule has 0 unspecified atom stereocenters. The van der Waals surface area contributed by atoms with Gasteiger partial charge < -0.3 is 14.5 Å². The van der Waals surface area contributed by atoms with Crippen molar-refractivity contribution in [1.82, 2.24) is 19.7 Å². The zero-order valence-corrected chi connectivity index (χ0v) is 16.5. The molecule has 0 fully saturated rings. The number of hydrogen-bond donors (Lipinski definition) is 1. The Morgan fingerprint density at radius 2 is 1.88 bits per heavy atom. The van der Waals surface area contributed by atoms with Gasteiger partial charge in [-0.2, -0.15) is 5.10 Å². The lowest BCUT2D eigenvalue weighted by molar-refractivity contribution is -0.274. The van der Waals surface area contributed by atoms with Crippen LogP contribution in [0.15, 0.2) is 53.5 Å².